The molecule has 0 amide bonds. The minimum absolute atomic E-state index is 0.144. The number of nitrogens with zero attached hydrogens (tertiary/aromatic N) is 1. The van der Waals surface area contributed by atoms with E-state index >= 15 is 0 Å². The van der Waals surface area contributed by atoms with Gasteiger partial charge in [-0.1, -0.05) is 20.8 Å². The minimum atomic E-state index is -2.05. The van der Waals surface area contributed by atoms with E-state index in [1.807, 2.05) is 13.8 Å². The molecular formula is C20H32N2O4. The maximum absolute atomic E-state index is 11.7. The summed E-state index contributed by atoms with van der Waals surface area (Å²) in [6, 6.07) is 2.62. The van der Waals surface area contributed by atoms with Gasteiger partial charge in [0, 0.05) is 30.4 Å². The van der Waals surface area contributed by atoms with E-state index in [0.717, 1.165) is 31.6 Å². The molecule has 0 aromatic carbocycles. The van der Waals surface area contributed by atoms with Gasteiger partial charge in [-0.3, -0.25) is 4.98 Å². The molecule has 0 unspecified atom stereocenters. The van der Waals surface area contributed by atoms with Crippen LogP contribution in [0.2, 0.25) is 0 Å². The summed E-state index contributed by atoms with van der Waals surface area (Å²) < 4.78 is 6.04. The summed E-state index contributed by atoms with van der Waals surface area (Å²) in [5.74, 6) is 0.280. The average Bonchev–Trinajstić information content (AvgIpc) is 2.56. The Morgan fingerprint density at radius 1 is 1.38 bits per heavy atom. The Morgan fingerprint density at radius 3 is 2.62 bits per heavy atom. The van der Waals surface area contributed by atoms with Crippen molar-refractivity contribution in [2.75, 3.05) is 0 Å². The summed E-state index contributed by atoms with van der Waals surface area (Å²) in [6.07, 6.45) is 6.41. The summed E-state index contributed by atoms with van der Waals surface area (Å²) in [5.41, 5.74) is 4.44. The quantitative estimate of drug-likeness (QED) is 0.655. The van der Waals surface area contributed by atoms with E-state index < -0.39 is 17.6 Å². The molecule has 2 rings (SSSR count). The zero-order valence-corrected chi connectivity index (χ0v) is 16.0. The van der Waals surface area contributed by atoms with E-state index in [1.165, 1.54) is 0 Å². The lowest BCUT2D eigenvalue weighted by Crippen LogP contribution is -2.56. The molecule has 1 saturated carbocycles. The van der Waals surface area contributed by atoms with Crippen LogP contribution in [0.1, 0.15) is 58.6 Å². The van der Waals surface area contributed by atoms with Crippen molar-refractivity contribution in [3.8, 4) is 5.75 Å². The fraction of sp³-hybridized carbons (Fsp3) is 0.700. The Balaban J connectivity index is 2.08. The molecule has 1 fully saturated rings. The second-order valence-corrected chi connectivity index (χ2v) is 8.12. The Kier molecular flexibility index (Phi) is 7.01. The highest BCUT2D eigenvalue weighted by Gasteiger charge is 2.43. The van der Waals surface area contributed by atoms with Crippen LogP contribution in [-0.2, 0) is 11.2 Å². The molecule has 6 nitrogen and oxygen atoms in total. The number of aliphatic carboxylic acids is 1. The number of ether oxygens (including phenoxy) is 1. The maximum Gasteiger partial charge on any atom is 0.337 e. The molecule has 0 spiro atoms. The van der Waals surface area contributed by atoms with Crippen molar-refractivity contribution >= 4 is 5.97 Å². The lowest BCUT2D eigenvalue weighted by atomic mass is 9.84. The topological polar surface area (TPSA) is 106 Å². The number of aromatic nitrogens is 1. The molecule has 0 saturated heterocycles. The number of carboxylic acids is 1. The Bertz CT molecular complexity index is 599. The molecule has 1 aliphatic carbocycles. The molecule has 4 N–H and O–H groups in total. The predicted molar refractivity (Wildman–Crippen MR) is 100 cm³/mol. The van der Waals surface area contributed by atoms with Gasteiger partial charge in [0.2, 0.25) is 0 Å². The third-order valence-corrected chi connectivity index (χ3v) is 5.21. The van der Waals surface area contributed by atoms with Crippen molar-refractivity contribution in [2.24, 2.45) is 17.6 Å². The first-order chi connectivity index (χ1) is 12.2. The Morgan fingerprint density at radius 2 is 2.04 bits per heavy atom. The first-order valence-corrected chi connectivity index (χ1v) is 9.53. The van der Waals surface area contributed by atoms with Crippen LogP contribution in [0.5, 0.6) is 5.75 Å². The molecule has 1 heterocycles. The predicted octanol–water partition coefficient (Wildman–Crippen LogP) is 2.77. The minimum Gasteiger partial charge on any atom is -0.490 e. The van der Waals surface area contributed by atoms with Gasteiger partial charge in [0.15, 0.2) is 5.60 Å². The number of hydrogen-bond donors (Lipinski definition) is 3. The normalized spacial score (nSPS) is 24.1. The van der Waals surface area contributed by atoms with E-state index in [4.69, 9.17) is 10.5 Å². The molecule has 0 aliphatic heterocycles. The zero-order chi connectivity index (χ0) is 19.3. The van der Waals surface area contributed by atoms with Crippen LogP contribution < -0.4 is 10.5 Å². The Hall–Kier alpha value is -1.66. The molecule has 0 radical (unpaired) electrons. The van der Waals surface area contributed by atoms with Crippen LogP contribution in [0.4, 0.5) is 0 Å². The van der Waals surface area contributed by atoms with E-state index in [-0.39, 0.29) is 18.4 Å². The SMILES string of the molecule is CC(C)C[C@H](N)[C@](O)(Cc1cc(OC2CCC(C)CC2)ccn1)C(=O)O. The van der Waals surface area contributed by atoms with Gasteiger partial charge in [-0.05, 0) is 50.0 Å². The van der Waals surface area contributed by atoms with Crippen molar-refractivity contribution in [3.63, 3.8) is 0 Å². The lowest BCUT2D eigenvalue weighted by molar-refractivity contribution is -0.161. The molecule has 26 heavy (non-hydrogen) atoms. The average molecular weight is 364 g/mol. The van der Waals surface area contributed by atoms with E-state index in [1.54, 1.807) is 18.3 Å². The van der Waals surface area contributed by atoms with Crippen molar-refractivity contribution in [1.29, 1.82) is 0 Å². The third-order valence-electron chi connectivity index (χ3n) is 5.21. The smallest absolute Gasteiger partial charge is 0.337 e. The van der Waals surface area contributed by atoms with Gasteiger partial charge in [-0.25, -0.2) is 4.79 Å². The molecule has 1 aromatic heterocycles. The van der Waals surface area contributed by atoms with E-state index in [2.05, 4.69) is 11.9 Å². The maximum atomic E-state index is 11.7. The van der Waals surface area contributed by atoms with E-state index in [0.29, 0.717) is 17.9 Å². The summed E-state index contributed by atoms with van der Waals surface area (Å²) in [6.45, 7) is 6.15. The van der Waals surface area contributed by atoms with Crippen molar-refractivity contribution < 1.29 is 19.7 Å². The number of nitrogens with two attached hydrogens (primary N) is 1. The van der Waals surface area contributed by atoms with Gasteiger partial charge < -0.3 is 20.7 Å². The van der Waals surface area contributed by atoms with Crippen molar-refractivity contribution in [1.82, 2.24) is 4.98 Å². The standard InChI is InChI=1S/C20H32N2O4/c1-13(2)10-18(21)20(25,19(23)24)12-15-11-17(8-9-22-15)26-16-6-4-14(3)5-7-16/h8-9,11,13-14,16,18,25H,4-7,10,12,21H2,1-3H3,(H,23,24)/t14?,16?,18-,20+/m0/s1. The molecule has 1 aromatic rings. The summed E-state index contributed by atoms with van der Waals surface area (Å²) in [5, 5.41) is 20.2. The van der Waals surface area contributed by atoms with E-state index in [9.17, 15) is 15.0 Å². The number of aliphatic hydroxyl groups is 1. The number of rotatable bonds is 8. The highest BCUT2D eigenvalue weighted by atomic mass is 16.5. The molecule has 6 heteroatoms. The fourth-order valence-electron chi connectivity index (χ4n) is 3.51. The van der Waals surface area contributed by atoms with Crippen LogP contribution in [0.3, 0.4) is 0 Å². The molecule has 1 aliphatic rings. The van der Waals surface area contributed by atoms with Crippen LogP contribution >= 0.6 is 0 Å². The van der Waals surface area contributed by atoms with Crippen LogP contribution in [0.15, 0.2) is 18.3 Å². The van der Waals surface area contributed by atoms with Crippen LogP contribution in [-0.4, -0.2) is 38.9 Å². The summed E-state index contributed by atoms with van der Waals surface area (Å²) in [7, 11) is 0. The molecule has 146 valence electrons. The zero-order valence-electron chi connectivity index (χ0n) is 16.0. The number of carboxylic acid groups (broad SMARTS) is 1. The molecular weight excluding hydrogens is 332 g/mol. The molecule has 0 bridgehead atoms. The second kappa shape index (κ2) is 8.82. The molecule has 2 atom stereocenters. The van der Waals surface area contributed by atoms with Gasteiger partial charge in [-0.2, -0.15) is 0 Å². The van der Waals surface area contributed by atoms with Gasteiger partial charge >= 0.3 is 5.97 Å². The van der Waals surface area contributed by atoms with Gasteiger partial charge in [0.05, 0.1) is 6.10 Å². The first kappa shape index (κ1) is 20.6. The highest BCUT2D eigenvalue weighted by Crippen LogP contribution is 2.28. The first-order valence-electron chi connectivity index (χ1n) is 9.53. The number of carbonyl (C=O) groups is 1. The van der Waals surface area contributed by atoms with Crippen molar-refractivity contribution in [2.45, 2.75) is 77.0 Å². The van der Waals surface area contributed by atoms with Crippen LogP contribution in [0.25, 0.3) is 0 Å². The summed E-state index contributed by atoms with van der Waals surface area (Å²) in [4.78, 5) is 15.9. The van der Waals surface area contributed by atoms with Crippen LogP contribution in [0, 0.1) is 11.8 Å². The van der Waals surface area contributed by atoms with Gasteiger partial charge in [0.25, 0.3) is 0 Å². The Labute approximate surface area is 155 Å². The fourth-order valence-corrected chi connectivity index (χ4v) is 3.51. The van der Waals surface area contributed by atoms with Crippen molar-refractivity contribution in [3.05, 3.63) is 24.0 Å². The van der Waals surface area contributed by atoms with Gasteiger partial charge in [0.1, 0.15) is 5.75 Å². The summed E-state index contributed by atoms with van der Waals surface area (Å²) >= 11 is 0. The second-order valence-electron chi connectivity index (χ2n) is 8.12. The highest BCUT2D eigenvalue weighted by molar-refractivity contribution is 5.78. The monoisotopic (exact) mass is 364 g/mol. The largest absolute Gasteiger partial charge is 0.490 e. The van der Waals surface area contributed by atoms with Gasteiger partial charge in [-0.15, -0.1) is 0 Å². The lowest BCUT2D eigenvalue weighted by Gasteiger charge is -2.31. The number of pyridine rings is 1. The number of hydrogen-bond acceptors (Lipinski definition) is 5. The third kappa shape index (κ3) is 5.42.